The smallest absolute Gasteiger partial charge is 0.305 e. The first-order valence-electron chi connectivity index (χ1n) is 5.66. The molecule has 1 atom stereocenters. The largest absolute Gasteiger partial charge is 0.481 e. The Morgan fingerprint density at radius 1 is 1.56 bits per heavy atom. The van der Waals surface area contributed by atoms with Crippen molar-refractivity contribution in [2.24, 2.45) is 0 Å². The molecule has 0 spiro atoms. The van der Waals surface area contributed by atoms with E-state index in [1.165, 1.54) is 5.56 Å². The summed E-state index contributed by atoms with van der Waals surface area (Å²) in [4.78, 5) is 11.0. The van der Waals surface area contributed by atoms with E-state index >= 15 is 0 Å². The highest BCUT2D eigenvalue weighted by Gasteiger charge is 2.37. The van der Waals surface area contributed by atoms with Gasteiger partial charge in [0.1, 0.15) is 0 Å². The molecule has 3 nitrogen and oxygen atoms in total. The summed E-state index contributed by atoms with van der Waals surface area (Å²) in [7, 11) is 0. The van der Waals surface area contributed by atoms with Gasteiger partial charge in [-0.3, -0.25) is 4.79 Å². The lowest BCUT2D eigenvalue weighted by Gasteiger charge is -2.28. The van der Waals surface area contributed by atoms with Gasteiger partial charge >= 0.3 is 5.97 Å². The molecule has 1 aliphatic rings. The molecule has 86 valence electrons. The molecular formula is C13H17NO2. The summed E-state index contributed by atoms with van der Waals surface area (Å²) in [6.07, 6.45) is 2.11. The lowest BCUT2D eigenvalue weighted by molar-refractivity contribution is -0.138. The van der Waals surface area contributed by atoms with E-state index in [4.69, 9.17) is 5.11 Å². The van der Waals surface area contributed by atoms with Gasteiger partial charge in [-0.05, 0) is 31.9 Å². The van der Waals surface area contributed by atoms with Crippen LogP contribution in [-0.2, 0) is 10.3 Å². The molecule has 1 fully saturated rings. The van der Waals surface area contributed by atoms with Crippen molar-refractivity contribution in [2.45, 2.75) is 31.7 Å². The van der Waals surface area contributed by atoms with Crippen LogP contribution in [0.2, 0.25) is 0 Å². The number of rotatable bonds is 3. The maximum absolute atomic E-state index is 11.0. The Balaban J connectivity index is 2.35. The van der Waals surface area contributed by atoms with Gasteiger partial charge in [0.15, 0.2) is 0 Å². The van der Waals surface area contributed by atoms with Crippen molar-refractivity contribution in [3.8, 4) is 0 Å². The minimum absolute atomic E-state index is 0.163. The first kappa shape index (κ1) is 11.1. The molecule has 0 radical (unpaired) electrons. The van der Waals surface area contributed by atoms with Crippen LogP contribution in [0.5, 0.6) is 0 Å². The number of hydrogen-bond acceptors (Lipinski definition) is 2. The third-order valence-corrected chi connectivity index (χ3v) is 3.27. The molecule has 16 heavy (non-hydrogen) atoms. The second kappa shape index (κ2) is 4.26. The number of nitrogens with one attached hydrogen (secondary N) is 1. The highest BCUT2D eigenvalue weighted by Crippen LogP contribution is 2.34. The number of aryl methyl sites for hydroxylation is 1. The van der Waals surface area contributed by atoms with E-state index < -0.39 is 5.97 Å². The molecule has 1 heterocycles. The van der Waals surface area contributed by atoms with E-state index in [1.54, 1.807) is 0 Å². The predicted molar refractivity (Wildman–Crippen MR) is 62.3 cm³/mol. The van der Waals surface area contributed by atoms with Gasteiger partial charge in [-0.25, -0.2) is 0 Å². The Bertz CT molecular complexity index is 395. The first-order valence-corrected chi connectivity index (χ1v) is 5.66. The molecule has 1 aromatic rings. The van der Waals surface area contributed by atoms with Gasteiger partial charge in [0.25, 0.3) is 0 Å². The fourth-order valence-corrected chi connectivity index (χ4v) is 2.51. The van der Waals surface area contributed by atoms with Crippen LogP contribution in [0.15, 0.2) is 24.3 Å². The minimum Gasteiger partial charge on any atom is -0.481 e. The standard InChI is InChI=1S/C13H17NO2/c1-10-4-2-5-11(8-10)13(9-12(15)16)6-3-7-14-13/h2,4-5,8,14H,3,6-7,9H2,1H3,(H,15,16). The molecule has 1 aliphatic heterocycles. The number of benzene rings is 1. The van der Waals surface area contributed by atoms with Crippen molar-refractivity contribution in [1.82, 2.24) is 5.32 Å². The average Bonchev–Trinajstić information content (AvgIpc) is 2.66. The van der Waals surface area contributed by atoms with E-state index in [2.05, 4.69) is 11.4 Å². The maximum Gasteiger partial charge on any atom is 0.305 e. The van der Waals surface area contributed by atoms with Crippen molar-refractivity contribution in [3.05, 3.63) is 35.4 Å². The molecule has 0 aliphatic carbocycles. The summed E-state index contributed by atoms with van der Waals surface area (Å²) in [5, 5.41) is 12.4. The highest BCUT2D eigenvalue weighted by molar-refractivity contribution is 5.69. The van der Waals surface area contributed by atoms with Gasteiger partial charge in [0.2, 0.25) is 0 Å². The van der Waals surface area contributed by atoms with Crippen molar-refractivity contribution in [1.29, 1.82) is 0 Å². The molecule has 0 amide bonds. The topological polar surface area (TPSA) is 49.3 Å². The van der Waals surface area contributed by atoms with Gasteiger partial charge in [0, 0.05) is 0 Å². The predicted octanol–water partition coefficient (Wildman–Crippen LogP) is 2.05. The molecule has 0 bridgehead atoms. The average molecular weight is 219 g/mol. The highest BCUT2D eigenvalue weighted by atomic mass is 16.4. The quantitative estimate of drug-likeness (QED) is 0.818. The molecule has 1 saturated heterocycles. The van der Waals surface area contributed by atoms with Crippen LogP contribution in [0.25, 0.3) is 0 Å². The second-order valence-corrected chi connectivity index (χ2v) is 4.55. The van der Waals surface area contributed by atoms with Crippen molar-refractivity contribution >= 4 is 5.97 Å². The number of carboxylic acid groups (broad SMARTS) is 1. The second-order valence-electron chi connectivity index (χ2n) is 4.55. The van der Waals surface area contributed by atoms with Crippen LogP contribution in [0.4, 0.5) is 0 Å². The lowest BCUT2D eigenvalue weighted by Crippen LogP contribution is -2.38. The van der Waals surface area contributed by atoms with E-state index in [0.29, 0.717) is 0 Å². The van der Waals surface area contributed by atoms with Gasteiger partial charge in [-0.15, -0.1) is 0 Å². The number of carbonyl (C=O) groups is 1. The number of hydrogen-bond donors (Lipinski definition) is 2. The fraction of sp³-hybridized carbons (Fsp3) is 0.462. The summed E-state index contributed by atoms with van der Waals surface area (Å²) < 4.78 is 0. The summed E-state index contributed by atoms with van der Waals surface area (Å²) in [6.45, 7) is 2.94. The Morgan fingerprint density at radius 2 is 2.38 bits per heavy atom. The number of aliphatic carboxylic acids is 1. The van der Waals surface area contributed by atoms with Crippen molar-refractivity contribution in [2.75, 3.05) is 6.54 Å². The molecule has 2 N–H and O–H groups in total. The Kier molecular flexibility index (Phi) is 2.97. The Hall–Kier alpha value is -1.35. The van der Waals surface area contributed by atoms with Crippen LogP contribution in [0.1, 0.15) is 30.4 Å². The molecule has 3 heteroatoms. The molecule has 0 saturated carbocycles. The third kappa shape index (κ3) is 2.09. The molecule has 0 aromatic heterocycles. The molecule has 1 aromatic carbocycles. The van der Waals surface area contributed by atoms with Gasteiger partial charge in [-0.2, -0.15) is 0 Å². The van der Waals surface area contributed by atoms with Crippen LogP contribution in [0.3, 0.4) is 0 Å². The SMILES string of the molecule is Cc1cccc(C2(CC(=O)O)CCCN2)c1. The summed E-state index contributed by atoms with van der Waals surface area (Å²) >= 11 is 0. The van der Waals surface area contributed by atoms with Gasteiger partial charge in [0.05, 0.1) is 12.0 Å². The molecule has 2 rings (SSSR count). The van der Waals surface area contributed by atoms with Crippen molar-refractivity contribution in [3.63, 3.8) is 0 Å². The van der Waals surface area contributed by atoms with E-state index in [0.717, 1.165) is 24.9 Å². The van der Waals surface area contributed by atoms with Crippen molar-refractivity contribution < 1.29 is 9.90 Å². The summed E-state index contributed by atoms with van der Waals surface area (Å²) in [5.74, 6) is -0.740. The van der Waals surface area contributed by atoms with Crippen LogP contribution in [-0.4, -0.2) is 17.6 Å². The zero-order valence-electron chi connectivity index (χ0n) is 9.49. The van der Waals surface area contributed by atoms with E-state index in [1.807, 2.05) is 25.1 Å². The lowest BCUT2D eigenvalue weighted by atomic mass is 9.84. The normalized spacial score (nSPS) is 24.6. The van der Waals surface area contributed by atoms with Gasteiger partial charge < -0.3 is 10.4 Å². The van der Waals surface area contributed by atoms with Crippen LogP contribution in [0, 0.1) is 6.92 Å². The van der Waals surface area contributed by atoms with E-state index in [-0.39, 0.29) is 12.0 Å². The van der Waals surface area contributed by atoms with E-state index in [9.17, 15) is 4.79 Å². The zero-order valence-corrected chi connectivity index (χ0v) is 9.49. The minimum atomic E-state index is -0.740. The summed E-state index contributed by atoms with van der Waals surface area (Å²) in [6, 6.07) is 8.14. The van der Waals surface area contributed by atoms with Gasteiger partial charge in [-0.1, -0.05) is 29.8 Å². The maximum atomic E-state index is 11.0. The monoisotopic (exact) mass is 219 g/mol. The Morgan fingerprint density at radius 3 is 2.94 bits per heavy atom. The molecular weight excluding hydrogens is 202 g/mol. The fourth-order valence-electron chi connectivity index (χ4n) is 2.51. The first-order chi connectivity index (χ1) is 7.62. The zero-order chi connectivity index (χ0) is 11.6. The Labute approximate surface area is 95.5 Å². The summed E-state index contributed by atoms with van der Waals surface area (Å²) in [5.41, 5.74) is 1.93. The third-order valence-electron chi connectivity index (χ3n) is 3.27. The van der Waals surface area contributed by atoms with Crippen LogP contribution >= 0.6 is 0 Å². The molecule has 1 unspecified atom stereocenters. The number of carboxylic acids is 1. The van der Waals surface area contributed by atoms with Crippen LogP contribution < -0.4 is 5.32 Å².